The minimum atomic E-state index is 0.803. The molecule has 0 bridgehead atoms. The van der Waals surface area contributed by atoms with Crippen molar-refractivity contribution in [1.29, 1.82) is 0 Å². The third-order valence-corrected chi connectivity index (χ3v) is 5.77. The minimum absolute atomic E-state index is 0.803. The average molecular weight is 371 g/mol. The summed E-state index contributed by atoms with van der Waals surface area (Å²) in [7, 11) is 0. The van der Waals surface area contributed by atoms with Gasteiger partial charge in [-0.1, -0.05) is 99.7 Å². The third-order valence-electron chi connectivity index (χ3n) is 5.77. The molecule has 1 aliphatic rings. The topological polar surface area (TPSA) is 9.23 Å². The Bertz CT molecular complexity index is 911. The van der Waals surface area contributed by atoms with Crippen molar-refractivity contribution in [3.63, 3.8) is 0 Å². The van der Waals surface area contributed by atoms with E-state index in [9.17, 15) is 0 Å². The Hall–Kier alpha value is -2.54. The predicted octanol–water partition coefficient (Wildman–Crippen LogP) is 7.66. The zero-order valence-corrected chi connectivity index (χ0v) is 16.9. The number of fused-ring (bicyclic) bond motifs is 3. The van der Waals surface area contributed by atoms with Gasteiger partial charge in [-0.05, 0) is 46.7 Å². The molecule has 0 heterocycles. The van der Waals surface area contributed by atoms with E-state index in [1.807, 2.05) is 0 Å². The lowest BCUT2D eigenvalue weighted by Gasteiger charge is -2.16. The van der Waals surface area contributed by atoms with Crippen molar-refractivity contribution in [3.8, 4) is 28.0 Å². The van der Waals surface area contributed by atoms with Crippen LogP contribution in [0.2, 0.25) is 0 Å². The van der Waals surface area contributed by atoms with E-state index in [1.165, 1.54) is 65.5 Å². The van der Waals surface area contributed by atoms with Gasteiger partial charge in [0.1, 0.15) is 5.75 Å². The number of unbranched alkanes of at least 4 members (excludes halogenated alkanes) is 5. The lowest BCUT2D eigenvalue weighted by molar-refractivity contribution is 0.305. The Morgan fingerprint density at radius 3 is 2.32 bits per heavy atom. The number of rotatable bonds is 9. The van der Waals surface area contributed by atoms with Crippen molar-refractivity contribution >= 4 is 0 Å². The van der Waals surface area contributed by atoms with Gasteiger partial charge in [-0.2, -0.15) is 0 Å². The zero-order valence-electron chi connectivity index (χ0n) is 16.9. The summed E-state index contributed by atoms with van der Waals surface area (Å²) >= 11 is 0. The Labute approximate surface area is 169 Å². The summed E-state index contributed by atoms with van der Waals surface area (Å²) in [6.45, 7) is 3.07. The first-order valence-corrected chi connectivity index (χ1v) is 10.8. The normalized spacial score (nSPS) is 11.9. The summed E-state index contributed by atoms with van der Waals surface area (Å²) in [6, 6.07) is 23.9. The van der Waals surface area contributed by atoms with Crippen molar-refractivity contribution in [1.82, 2.24) is 0 Å². The Balaban J connectivity index is 1.57. The molecule has 0 saturated heterocycles. The molecule has 0 spiro atoms. The highest BCUT2D eigenvalue weighted by atomic mass is 16.5. The van der Waals surface area contributed by atoms with Gasteiger partial charge in [-0.3, -0.25) is 0 Å². The standard InChI is InChI=1S/C27H30O/c1-2-3-4-5-6-12-19-28-26-18-17-24-23-16-11-10-15-22(23)20-25(24)27(26)21-13-8-7-9-14-21/h7-11,13-18H,2-6,12,19-20H2,1H3. The van der Waals surface area contributed by atoms with E-state index >= 15 is 0 Å². The van der Waals surface area contributed by atoms with E-state index in [0.717, 1.165) is 25.2 Å². The number of ether oxygens (including phenoxy) is 1. The van der Waals surface area contributed by atoms with Gasteiger partial charge in [0.2, 0.25) is 0 Å². The van der Waals surface area contributed by atoms with Crippen molar-refractivity contribution in [2.45, 2.75) is 51.9 Å². The lowest BCUT2D eigenvalue weighted by atomic mass is 9.94. The van der Waals surface area contributed by atoms with Crippen LogP contribution in [0.25, 0.3) is 22.3 Å². The second-order valence-electron chi connectivity index (χ2n) is 7.78. The van der Waals surface area contributed by atoms with Crippen LogP contribution >= 0.6 is 0 Å². The molecule has 4 rings (SSSR count). The van der Waals surface area contributed by atoms with Crippen LogP contribution in [-0.2, 0) is 6.42 Å². The Morgan fingerprint density at radius 2 is 1.46 bits per heavy atom. The van der Waals surface area contributed by atoms with E-state index < -0.39 is 0 Å². The highest BCUT2D eigenvalue weighted by Gasteiger charge is 2.24. The molecule has 0 N–H and O–H groups in total. The average Bonchev–Trinajstić information content (AvgIpc) is 3.12. The Morgan fingerprint density at radius 1 is 0.714 bits per heavy atom. The highest BCUT2D eigenvalue weighted by Crippen LogP contribution is 2.45. The van der Waals surface area contributed by atoms with Crippen LogP contribution in [-0.4, -0.2) is 6.61 Å². The van der Waals surface area contributed by atoms with Crippen molar-refractivity contribution < 1.29 is 4.74 Å². The van der Waals surface area contributed by atoms with Crippen LogP contribution < -0.4 is 4.74 Å². The van der Waals surface area contributed by atoms with Crippen LogP contribution in [0.1, 0.15) is 56.6 Å². The van der Waals surface area contributed by atoms with E-state index in [4.69, 9.17) is 4.74 Å². The van der Waals surface area contributed by atoms with Gasteiger partial charge in [-0.25, -0.2) is 0 Å². The summed E-state index contributed by atoms with van der Waals surface area (Å²) in [4.78, 5) is 0. The molecule has 144 valence electrons. The van der Waals surface area contributed by atoms with Gasteiger partial charge >= 0.3 is 0 Å². The van der Waals surface area contributed by atoms with E-state index in [0.29, 0.717) is 0 Å². The second kappa shape index (κ2) is 9.10. The summed E-state index contributed by atoms with van der Waals surface area (Å²) in [5.41, 5.74) is 8.10. The maximum absolute atomic E-state index is 6.32. The van der Waals surface area contributed by atoms with Gasteiger partial charge in [0.25, 0.3) is 0 Å². The summed E-state index contributed by atoms with van der Waals surface area (Å²) in [6.07, 6.45) is 8.71. The van der Waals surface area contributed by atoms with Crippen LogP contribution in [0.4, 0.5) is 0 Å². The van der Waals surface area contributed by atoms with Gasteiger partial charge in [0.05, 0.1) is 6.61 Å². The molecule has 0 aromatic heterocycles. The largest absolute Gasteiger partial charge is 0.493 e. The maximum Gasteiger partial charge on any atom is 0.127 e. The summed E-state index contributed by atoms with van der Waals surface area (Å²) in [5, 5.41) is 0. The molecule has 1 aliphatic carbocycles. The predicted molar refractivity (Wildman–Crippen MR) is 119 cm³/mol. The molecule has 1 heteroatoms. The first kappa shape index (κ1) is 18.8. The maximum atomic E-state index is 6.32. The van der Waals surface area contributed by atoms with Crippen LogP contribution in [0.15, 0.2) is 66.7 Å². The monoisotopic (exact) mass is 370 g/mol. The zero-order chi connectivity index (χ0) is 19.2. The van der Waals surface area contributed by atoms with E-state index in [2.05, 4.69) is 73.7 Å². The molecule has 1 nitrogen and oxygen atoms in total. The molecule has 0 radical (unpaired) electrons. The van der Waals surface area contributed by atoms with E-state index in [-0.39, 0.29) is 0 Å². The van der Waals surface area contributed by atoms with Gasteiger partial charge in [-0.15, -0.1) is 0 Å². The fourth-order valence-electron chi connectivity index (χ4n) is 4.30. The molecule has 0 aliphatic heterocycles. The smallest absolute Gasteiger partial charge is 0.127 e. The van der Waals surface area contributed by atoms with Crippen LogP contribution in [0.3, 0.4) is 0 Å². The molecule has 3 aromatic carbocycles. The fraction of sp³-hybridized carbons (Fsp3) is 0.333. The summed E-state index contributed by atoms with van der Waals surface area (Å²) in [5.74, 6) is 1.03. The number of hydrogen-bond acceptors (Lipinski definition) is 1. The number of hydrogen-bond donors (Lipinski definition) is 0. The third kappa shape index (κ3) is 3.99. The van der Waals surface area contributed by atoms with Crippen molar-refractivity contribution in [2.75, 3.05) is 6.61 Å². The molecule has 28 heavy (non-hydrogen) atoms. The molecule has 3 aromatic rings. The first-order valence-electron chi connectivity index (χ1n) is 10.8. The molecular formula is C27H30O. The second-order valence-corrected chi connectivity index (χ2v) is 7.78. The molecular weight excluding hydrogens is 340 g/mol. The van der Waals surface area contributed by atoms with Crippen molar-refractivity contribution in [2.24, 2.45) is 0 Å². The highest BCUT2D eigenvalue weighted by molar-refractivity contribution is 5.87. The fourth-order valence-corrected chi connectivity index (χ4v) is 4.30. The molecule has 0 fully saturated rings. The first-order chi connectivity index (χ1) is 13.9. The SMILES string of the molecule is CCCCCCCCOc1ccc2c(c1-c1ccccc1)Cc1ccccc1-2. The van der Waals surface area contributed by atoms with Crippen LogP contribution in [0, 0.1) is 0 Å². The van der Waals surface area contributed by atoms with Gasteiger partial charge in [0.15, 0.2) is 0 Å². The summed E-state index contributed by atoms with van der Waals surface area (Å²) < 4.78 is 6.32. The molecule has 0 saturated carbocycles. The molecule has 0 unspecified atom stereocenters. The molecule has 0 amide bonds. The minimum Gasteiger partial charge on any atom is -0.493 e. The van der Waals surface area contributed by atoms with E-state index in [1.54, 1.807) is 0 Å². The quantitative estimate of drug-likeness (QED) is 0.275. The van der Waals surface area contributed by atoms with Gasteiger partial charge < -0.3 is 4.74 Å². The van der Waals surface area contributed by atoms with Gasteiger partial charge in [0, 0.05) is 5.56 Å². The van der Waals surface area contributed by atoms with Crippen molar-refractivity contribution in [3.05, 3.63) is 77.9 Å². The number of benzene rings is 3. The lowest BCUT2D eigenvalue weighted by Crippen LogP contribution is -2.01. The van der Waals surface area contributed by atoms with Crippen LogP contribution in [0.5, 0.6) is 5.75 Å². The molecule has 0 atom stereocenters. The Kier molecular flexibility index (Phi) is 6.11.